The summed E-state index contributed by atoms with van der Waals surface area (Å²) in [4.78, 5) is 23.8. The zero-order valence-electron chi connectivity index (χ0n) is 21.3. The van der Waals surface area contributed by atoms with Crippen LogP contribution in [0.25, 0.3) is 11.0 Å². The summed E-state index contributed by atoms with van der Waals surface area (Å²) >= 11 is 6.38. The first-order chi connectivity index (χ1) is 18.8. The van der Waals surface area contributed by atoms with Gasteiger partial charge in [-0.25, -0.2) is 18.4 Å². The van der Waals surface area contributed by atoms with Gasteiger partial charge in [-0.3, -0.25) is 9.52 Å². The summed E-state index contributed by atoms with van der Waals surface area (Å²) in [5.41, 5.74) is 1.80. The van der Waals surface area contributed by atoms with E-state index < -0.39 is 10.0 Å². The molecule has 1 aromatic heterocycles. The number of hydrogen-bond acceptors (Lipinski definition) is 8. The van der Waals surface area contributed by atoms with Crippen LogP contribution in [0.5, 0.6) is 5.75 Å². The Balaban J connectivity index is 1.48. The van der Waals surface area contributed by atoms with E-state index in [1.54, 1.807) is 53.4 Å². The second-order valence-corrected chi connectivity index (χ2v) is 11.1. The number of nitrogens with zero attached hydrogens (tertiary/aromatic N) is 3. The molecule has 39 heavy (non-hydrogen) atoms. The third kappa shape index (κ3) is 5.75. The molecule has 0 aliphatic carbocycles. The van der Waals surface area contributed by atoms with Crippen LogP contribution in [0.3, 0.4) is 0 Å². The zero-order valence-corrected chi connectivity index (χ0v) is 22.9. The Morgan fingerprint density at radius 2 is 1.77 bits per heavy atom. The number of ether oxygens (including phenoxy) is 1. The fraction of sp³-hybridized carbons (Fsp3) is 0.222. The van der Waals surface area contributed by atoms with Crippen molar-refractivity contribution in [2.24, 2.45) is 0 Å². The van der Waals surface area contributed by atoms with Crippen molar-refractivity contribution in [1.82, 2.24) is 20.2 Å². The number of anilines is 3. The molecule has 10 nitrogen and oxygen atoms in total. The van der Waals surface area contributed by atoms with Gasteiger partial charge in [0.2, 0.25) is 0 Å². The number of benzene rings is 3. The van der Waals surface area contributed by atoms with E-state index in [0.717, 1.165) is 6.42 Å². The maximum Gasteiger partial charge on any atom is 0.263 e. The summed E-state index contributed by atoms with van der Waals surface area (Å²) in [5.74, 6) is 0.458. The zero-order chi connectivity index (χ0) is 27.6. The van der Waals surface area contributed by atoms with E-state index in [1.165, 1.54) is 19.2 Å². The van der Waals surface area contributed by atoms with Crippen molar-refractivity contribution in [3.63, 3.8) is 0 Å². The largest absolute Gasteiger partial charge is 0.497 e. The van der Waals surface area contributed by atoms with Crippen LogP contribution in [0.15, 0.2) is 71.6 Å². The van der Waals surface area contributed by atoms with E-state index in [0.29, 0.717) is 46.1 Å². The van der Waals surface area contributed by atoms with Crippen LogP contribution in [0.2, 0.25) is 5.02 Å². The van der Waals surface area contributed by atoms with Gasteiger partial charge >= 0.3 is 0 Å². The van der Waals surface area contributed by atoms with E-state index in [-0.39, 0.29) is 28.5 Å². The molecule has 2 heterocycles. The predicted octanol–water partition coefficient (Wildman–Crippen LogP) is 4.27. The summed E-state index contributed by atoms with van der Waals surface area (Å²) in [6, 6.07) is 18.3. The maximum absolute atomic E-state index is 13.5. The van der Waals surface area contributed by atoms with Crippen LogP contribution in [-0.4, -0.2) is 62.5 Å². The van der Waals surface area contributed by atoms with Crippen molar-refractivity contribution in [2.45, 2.75) is 17.4 Å². The Morgan fingerprint density at radius 1 is 1.03 bits per heavy atom. The third-order valence-corrected chi connectivity index (χ3v) is 8.17. The number of halogens is 1. The topological polar surface area (TPSA) is 126 Å². The van der Waals surface area contributed by atoms with Gasteiger partial charge < -0.3 is 20.3 Å². The quantitative estimate of drug-likeness (QED) is 0.289. The Morgan fingerprint density at radius 3 is 2.46 bits per heavy atom. The fourth-order valence-corrected chi connectivity index (χ4v) is 5.58. The summed E-state index contributed by atoms with van der Waals surface area (Å²) in [5, 5.41) is 6.64. The average Bonchev–Trinajstić information content (AvgIpc) is 3.43. The number of fused-ring (bicyclic) bond motifs is 1. The lowest BCUT2D eigenvalue weighted by Gasteiger charge is -2.17. The van der Waals surface area contributed by atoms with Crippen molar-refractivity contribution < 1.29 is 17.9 Å². The van der Waals surface area contributed by atoms with Crippen molar-refractivity contribution in [3.8, 4) is 5.75 Å². The van der Waals surface area contributed by atoms with Gasteiger partial charge in [0.1, 0.15) is 5.75 Å². The van der Waals surface area contributed by atoms with E-state index >= 15 is 0 Å². The number of likely N-dealkylation sites (N-methyl/N-ethyl adjacent to an activating group) is 1. The lowest BCUT2D eigenvalue weighted by Crippen LogP contribution is -2.33. The SMILES string of the molecule is CNC1CCN(C(=O)c2cccc(S(=O)(=O)Nc3nc4ccccc4nc3Nc3cc(OC)ccc3Cl)c2)C1. The average molecular weight is 567 g/mol. The van der Waals surface area contributed by atoms with Crippen LogP contribution in [0.1, 0.15) is 16.8 Å². The van der Waals surface area contributed by atoms with Crippen molar-refractivity contribution in [1.29, 1.82) is 0 Å². The maximum atomic E-state index is 13.5. The lowest BCUT2D eigenvalue weighted by atomic mass is 10.2. The van der Waals surface area contributed by atoms with Crippen LogP contribution < -0.4 is 20.1 Å². The molecule has 0 saturated carbocycles. The minimum Gasteiger partial charge on any atom is -0.497 e. The number of nitrogens with one attached hydrogen (secondary N) is 3. The van der Waals surface area contributed by atoms with Gasteiger partial charge in [-0.05, 0) is 55.9 Å². The summed E-state index contributed by atoms with van der Waals surface area (Å²) < 4.78 is 34.9. The van der Waals surface area contributed by atoms with Crippen LogP contribution in [-0.2, 0) is 10.0 Å². The van der Waals surface area contributed by atoms with Gasteiger partial charge in [0.25, 0.3) is 15.9 Å². The summed E-state index contributed by atoms with van der Waals surface area (Å²) in [6.07, 6.45) is 0.843. The van der Waals surface area contributed by atoms with Crippen molar-refractivity contribution in [2.75, 3.05) is 37.3 Å². The molecule has 3 N–H and O–H groups in total. The first kappa shape index (κ1) is 26.7. The number of amides is 1. The minimum atomic E-state index is -4.15. The van der Waals surface area contributed by atoms with Gasteiger partial charge in [0.15, 0.2) is 11.6 Å². The van der Waals surface area contributed by atoms with Crippen LogP contribution >= 0.6 is 11.6 Å². The first-order valence-electron chi connectivity index (χ1n) is 12.2. The molecule has 0 radical (unpaired) electrons. The van der Waals surface area contributed by atoms with Crippen LogP contribution in [0, 0.1) is 0 Å². The smallest absolute Gasteiger partial charge is 0.263 e. The molecule has 0 spiro atoms. The number of para-hydroxylation sites is 2. The number of carbonyl (C=O) groups excluding carboxylic acids is 1. The Bertz CT molecular complexity index is 1650. The second-order valence-electron chi connectivity index (χ2n) is 9.04. The Kier molecular flexibility index (Phi) is 7.56. The number of rotatable bonds is 8. The fourth-order valence-electron chi connectivity index (χ4n) is 4.36. The number of hydrogen-bond donors (Lipinski definition) is 3. The molecule has 1 fully saturated rings. The molecule has 5 rings (SSSR count). The van der Waals surface area contributed by atoms with Gasteiger partial charge in [0.05, 0.1) is 33.7 Å². The standard InChI is InChI=1S/C27H27ClN6O4S/c1-29-18-12-13-34(16-18)27(35)17-6-5-7-20(14-17)39(36,37)33-26-25(30-22-8-3-4-9-23(22)31-26)32-24-15-19(38-2)10-11-21(24)28/h3-11,14-15,18,29H,12-13,16H2,1-2H3,(H,30,32)(H,31,33). The Hall–Kier alpha value is -3.93. The first-order valence-corrected chi connectivity index (χ1v) is 14.1. The molecule has 3 aromatic carbocycles. The highest BCUT2D eigenvalue weighted by Gasteiger charge is 2.27. The molecule has 1 atom stereocenters. The molecule has 1 aliphatic heterocycles. The molecular formula is C27H27ClN6O4S. The Labute approximate surface area is 231 Å². The normalized spacial score (nSPS) is 15.4. The number of carbonyl (C=O) groups is 1. The number of likely N-dealkylation sites (tertiary alicyclic amines) is 1. The molecule has 1 amide bonds. The monoisotopic (exact) mass is 566 g/mol. The summed E-state index contributed by atoms with van der Waals surface area (Å²) in [6.45, 7) is 1.17. The number of methoxy groups -OCH3 is 1. The van der Waals surface area contributed by atoms with E-state index in [9.17, 15) is 13.2 Å². The highest BCUT2D eigenvalue weighted by Crippen LogP contribution is 2.33. The van der Waals surface area contributed by atoms with Crippen molar-refractivity contribution in [3.05, 3.63) is 77.3 Å². The molecule has 0 bridgehead atoms. The summed E-state index contributed by atoms with van der Waals surface area (Å²) in [7, 11) is -0.757. The lowest BCUT2D eigenvalue weighted by molar-refractivity contribution is 0.0789. The van der Waals surface area contributed by atoms with Gasteiger partial charge in [-0.15, -0.1) is 0 Å². The number of aromatic nitrogens is 2. The van der Waals surface area contributed by atoms with Gasteiger partial charge in [0, 0.05) is 30.8 Å². The highest BCUT2D eigenvalue weighted by atomic mass is 35.5. The third-order valence-electron chi connectivity index (χ3n) is 6.50. The minimum absolute atomic E-state index is 0.0271. The molecule has 1 saturated heterocycles. The van der Waals surface area contributed by atoms with E-state index in [4.69, 9.17) is 16.3 Å². The van der Waals surface area contributed by atoms with E-state index in [1.807, 2.05) is 13.1 Å². The highest BCUT2D eigenvalue weighted by molar-refractivity contribution is 7.92. The molecule has 1 unspecified atom stereocenters. The van der Waals surface area contributed by atoms with Crippen LogP contribution in [0.4, 0.5) is 17.3 Å². The van der Waals surface area contributed by atoms with E-state index in [2.05, 4.69) is 25.3 Å². The molecule has 1 aliphatic rings. The predicted molar refractivity (Wildman–Crippen MR) is 151 cm³/mol. The van der Waals surface area contributed by atoms with Gasteiger partial charge in [-0.2, -0.15) is 0 Å². The van der Waals surface area contributed by atoms with Crippen molar-refractivity contribution >= 4 is 55.9 Å². The second kappa shape index (κ2) is 11.0. The number of sulfonamides is 1. The van der Waals surface area contributed by atoms with Gasteiger partial charge in [-0.1, -0.05) is 29.8 Å². The molecular weight excluding hydrogens is 540 g/mol. The molecule has 4 aromatic rings. The molecule has 12 heteroatoms. The molecule has 202 valence electrons.